The normalized spacial score (nSPS) is 14.9. The van der Waals surface area contributed by atoms with Crippen molar-refractivity contribution in [3.8, 4) is 0 Å². The molecule has 1 fully saturated rings. The van der Waals surface area contributed by atoms with Gasteiger partial charge in [-0.1, -0.05) is 29.8 Å². The van der Waals surface area contributed by atoms with Gasteiger partial charge in [-0.05, 0) is 50.6 Å². The zero-order valence-electron chi connectivity index (χ0n) is 18.2. The molecule has 0 atom stereocenters. The number of hydrogen-bond acceptors (Lipinski definition) is 6. The molecule has 1 aromatic carbocycles. The number of carbonyl (C=O) groups is 2. The lowest BCUT2D eigenvalue weighted by Gasteiger charge is -2.30. The number of thiazole rings is 1. The van der Waals surface area contributed by atoms with E-state index in [1.165, 1.54) is 22.5 Å². The van der Waals surface area contributed by atoms with Crippen LogP contribution in [0.25, 0.3) is 0 Å². The summed E-state index contributed by atoms with van der Waals surface area (Å²) in [6.07, 6.45) is 5.73. The second-order valence-corrected chi connectivity index (χ2v) is 9.31. The molecule has 8 heteroatoms. The largest absolute Gasteiger partial charge is 0.467 e. The van der Waals surface area contributed by atoms with Crippen LogP contribution in [-0.4, -0.2) is 41.3 Å². The summed E-state index contributed by atoms with van der Waals surface area (Å²) in [6, 6.07) is 12.1. The first-order valence-electron chi connectivity index (χ1n) is 10.9. The highest BCUT2D eigenvalue weighted by molar-refractivity contribution is 7.15. The van der Waals surface area contributed by atoms with E-state index in [0.29, 0.717) is 18.2 Å². The molecule has 0 bridgehead atoms. The Morgan fingerprint density at radius 2 is 2.06 bits per heavy atom. The SMILES string of the molecule is Cc1cccc(Cc2cnc(NC(=O)CN3CCC(C(=O)NCc4ccco4)CC3)s2)c1. The smallest absolute Gasteiger partial charge is 0.240 e. The number of carbonyl (C=O) groups excluding carboxylic acids is 2. The van der Waals surface area contributed by atoms with Gasteiger partial charge < -0.3 is 15.1 Å². The van der Waals surface area contributed by atoms with Crippen molar-refractivity contribution in [3.05, 3.63) is 70.6 Å². The molecule has 2 N–H and O–H groups in total. The van der Waals surface area contributed by atoms with E-state index in [1.54, 1.807) is 6.26 Å². The molecule has 1 aliphatic heterocycles. The number of benzene rings is 1. The number of rotatable bonds is 8. The van der Waals surface area contributed by atoms with Crippen molar-refractivity contribution in [1.29, 1.82) is 0 Å². The third-order valence-corrected chi connectivity index (χ3v) is 6.52. The molecule has 1 aliphatic rings. The third kappa shape index (κ3) is 6.27. The number of aromatic nitrogens is 1. The predicted octanol–water partition coefficient (Wildman–Crippen LogP) is 3.60. The third-order valence-electron chi connectivity index (χ3n) is 5.60. The maximum atomic E-state index is 12.5. The van der Waals surface area contributed by atoms with Gasteiger partial charge in [0.1, 0.15) is 5.76 Å². The van der Waals surface area contributed by atoms with Crippen molar-refractivity contribution in [2.45, 2.75) is 32.7 Å². The zero-order chi connectivity index (χ0) is 22.3. The number of hydrogen-bond donors (Lipinski definition) is 2. The topological polar surface area (TPSA) is 87.5 Å². The van der Waals surface area contributed by atoms with Crippen LogP contribution in [0.5, 0.6) is 0 Å². The average Bonchev–Trinajstić information content (AvgIpc) is 3.45. The Hall–Kier alpha value is -2.97. The molecule has 7 nitrogen and oxygen atoms in total. The highest BCUT2D eigenvalue weighted by atomic mass is 32.1. The average molecular weight is 453 g/mol. The number of aryl methyl sites for hydroxylation is 1. The Morgan fingerprint density at radius 1 is 1.22 bits per heavy atom. The monoisotopic (exact) mass is 452 g/mol. The van der Waals surface area contributed by atoms with Crippen molar-refractivity contribution in [2.75, 3.05) is 25.0 Å². The number of anilines is 1. The second-order valence-electron chi connectivity index (χ2n) is 8.19. The van der Waals surface area contributed by atoms with Crippen LogP contribution in [0.4, 0.5) is 5.13 Å². The maximum absolute atomic E-state index is 12.5. The fourth-order valence-electron chi connectivity index (χ4n) is 3.92. The van der Waals surface area contributed by atoms with E-state index in [1.807, 2.05) is 18.3 Å². The van der Waals surface area contributed by atoms with Gasteiger partial charge in [0.05, 0.1) is 19.4 Å². The van der Waals surface area contributed by atoms with Gasteiger partial charge in [-0.3, -0.25) is 14.5 Å². The van der Waals surface area contributed by atoms with Crippen molar-refractivity contribution >= 4 is 28.3 Å². The first kappa shape index (κ1) is 22.2. The maximum Gasteiger partial charge on any atom is 0.240 e. The molecule has 3 heterocycles. The number of amides is 2. The van der Waals surface area contributed by atoms with Gasteiger partial charge >= 0.3 is 0 Å². The summed E-state index contributed by atoms with van der Waals surface area (Å²) < 4.78 is 5.24. The van der Waals surface area contributed by atoms with Gasteiger partial charge in [-0.2, -0.15) is 0 Å². The molecule has 2 amide bonds. The number of likely N-dealkylation sites (tertiary alicyclic amines) is 1. The Kier molecular flexibility index (Phi) is 7.34. The minimum atomic E-state index is -0.0674. The van der Waals surface area contributed by atoms with Crippen LogP contribution < -0.4 is 10.6 Å². The highest BCUT2D eigenvalue weighted by Crippen LogP contribution is 2.22. The number of piperidine rings is 1. The molecule has 4 rings (SSSR count). The van der Waals surface area contributed by atoms with E-state index in [0.717, 1.165) is 43.0 Å². The summed E-state index contributed by atoms with van der Waals surface area (Å²) in [6.45, 7) is 4.26. The summed E-state index contributed by atoms with van der Waals surface area (Å²) in [7, 11) is 0. The first-order chi connectivity index (χ1) is 15.5. The van der Waals surface area contributed by atoms with Crippen LogP contribution in [0.3, 0.4) is 0 Å². The van der Waals surface area contributed by atoms with Gasteiger partial charge in [0.25, 0.3) is 0 Å². The Labute approximate surface area is 191 Å². The lowest BCUT2D eigenvalue weighted by atomic mass is 9.96. The van der Waals surface area contributed by atoms with Gasteiger partial charge in [-0.25, -0.2) is 4.98 Å². The van der Waals surface area contributed by atoms with Gasteiger partial charge in [0.15, 0.2) is 5.13 Å². The minimum Gasteiger partial charge on any atom is -0.467 e. The summed E-state index contributed by atoms with van der Waals surface area (Å²) in [5.74, 6) is 0.709. The van der Waals surface area contributed by atoms with Crippen molar-refractivity contribution in [1.82, 2.24) is 15.2 Å². The van der Waals surface area contributed by atoms with Crippen LogP contribution in [-0.2, 0) is 22.6 Å². The van der Waals surface area contributed by atoms with E-state index in [-0.39, 0.29) is 17.7 Å². The Bertz CT molecular complexity index is 1040. The molecular formula is C24H28N4O3S. The van der Waals surface area contributed by atoms with Crippen molar-refractivity contribution in [3.63, 3.8) is 0 Å². The number of nitrogens with one attached hydrogen (secondary N) is 2. The quantitative estimate of drug-likeness (QED) is 0.545. The fraction of sp³-hybridized carbons (Fsp3) is 0.375. The first-order valence-corrected chi connectivity index (χ1v) is 11.7. The molecule has 0 radical (unpaired) electrons. The molecule has 0 spiro atoms. The predicted molar refractivity (Wildman–Crippen MR) is 124 cm³/mol. The van der Waals surface area contributed by atoms with E-state index in [4.69, 9.17) is 4.42 Å². The molecular weight excluding hydrogens is 424 g/mol. The van der Waals surface area contributed by atoms with Crippen LogP contribution in [0, 0.1) is 12.8 Å². The lowest BCUT2D eigenvalue weighted by molar-refractivity contribution is -0.126. The van der Waals surface area contributed by atoms with E-state index < -0.39 is 0 Å². The van der Waals surface area contributed by atoms with Crippen LogP contribution in [0.1, 0.15) is 34.6 Å². The lowest BCUT2D eigenvalue weighted by Crippen LogP contribution is -2.43. The van der Waals surface area contributed by atoms with E-state index in [2.05, 4.69) is 51.7 Å². The summed E-state index contributed by atoms with van der Waals surface area (Å²) in [5.41, 5.74) is 2.47. The molecule has 0 unspecified atom stereocenters. The Balaban J connectivity index is 1.18. The number of nitrogens with zero attached hydrogens (tertiary/aromatic N) is 2. The van der Waals surface area contributed by atoms with Crippen molar-refractivity contribution in [2.24, 2.45) is 5.92 Å². The van der Waals surface area contributed by atoms with Crippen molar-refractivity contribution < 1.29 is 14.0 Å². The molecule has 3 aromatic rings. The zero-order valence-corrected chi connectivity index (χ0v) is 19.0. The van der Waals surface area contributed by atoms with Crippen LogP contribution >= 0.6 is 11.3 Å². The molecule has 32 heavy (non-hydrogen) atoms. The molecule has 1 saturated heterocycles. The van der Waals surface area contributed by atoms with Crippen LogP contribution in [0.2, 0.25) is 0 Å². The number of furan rings is 1. The van der Waals surface area contributed by atoms with E-state index in [9.17, 15) is 9.59 Å². The fourth-order valence-corrected chi connectivity index (χ4v) is 4.78. The second kappa shape index (κ2) is 10.6. The van der Waals surface area contributed by atoms with E-state index >= 15 is 0 Å². The molecule has 2 aromatic heterocycles. The minimum absolute atomic E-state index is 0.0209. The molecule has 168 valence electrons. The van der Waals surface area contributed by atoms with Gasteiger partial charge in [-0.15, -0.1) is 11.3 Å². The molecule has 0 aliphatic carbocycles. The standard InChI is InChI=1S/C24H28N4O3S/c1-17-4-2-5-18(12-17)13-21-15-26-24(32-21)27-22(29)16-28-9-7-19(8-10-28)23(30)25-14-20-6-3-11-31-20/h2-6,11-12,15,19H,7-10,13-14,16H2,1H3,(H,25,30)(H,26,27,29). The summed E-state index contributed by atoms with van der Waals surface area (Å²) in [5, 5.41) is 6.47. The summed E-state index contributed by atoms with van der Waals surface area (Å²) in [4.78, 5) is 32.4. The highest BCUT2D eigenvalue weighted by Gasteiger charge is 2.26. The summed E-state index contributed by atoms with van der Waals surface area (Å²) >= 11 is 1.51. The van der Waals surface area contributed by atoms with Crippen LogP contribution in [0.15, 0.2) is 53.3 Å². The molecule has 0 saturated carbocycles. The van der Waals surface area contributed by atoms with Gasteiger partial charge in [0.2, 0.25) is 11.8 Å². The Morgan fingerprint density at radius 3 is 2.81 bits per heavy atom. The van der Waals surface area contributed by atoms with Gasteiger partial charge in [0, 0.05) is 23.4 Å².